The molecule has 0 amide bonds. The Balaban J connectivity index is 0.945. The van der Waals surface area contributed by atoms with Crippen LogP contribution in [0.25, 0.3) is 105 Å². The Bertz CT molecular complexity index is 3960. The van der Waals surface area contributed by atoms with Crippen LogP contribution in [0.15, 0.2) is 271 Å². The number of rotatable bonds is 9. The molecular weight excluding hydrogens is 837 g/mol. The van der Waals surface area contributed by atoms with Crippen molar-refractivity contribution in [3.8, 4) is 61.3 Å². The maximum atomic E-state index is 6.57. The van der Waals surface area contributed by atoms with Crippen molar-refractivity contribution in [2.24, 2.45) is 0 Å². The molecule has 3 heteroatoms. The SMILES string of the molecule is c1ccc(-c2ccc(-c3ccccc3N(c3ccc(-c4ccccc4-c4ccccc4-n4c5ccccc5c5ccccc54)cc3)c3cccc(-c4cccc5c4oc4ccccc45)c3)cc2)cc1. The highest BCUT2D eigenvalue weighted by Crippen LogP contribution is 2.45. The molecule has 11 aromatic carbocycles. The molecule has 0 aliphatic heterocycles. The van der Waals surface area contributed by atoms with Gasteiger partial charge in [0.15, 0.2) is 0 Å². The van der Waals surface area contributed by atoms with Crippen LogP contribution < -0.4 is 4.90 Å². The van der Waals surface area contributed by atoms with E-state index >= 15 is 0 Å². The van der Waals surface area contributed by atoms with Gasteiger partial charge in [-0.2, -0.15) is 0 Å². The third-order valence-corrected chi connectivity index (χ3v) is 13.6. The van der Waals surface area contributed by atoms with Crippen molar-refractivity contribution in [2.45, 2.75) is 0 Å². The molecule has 13 rings (SSSR count). The van der Waals surface area contributed by atoms with Crippen molar-refractivity contribution in [1.82, 2.24) is 4.57 Å². The van der Waals surface area contributed by atoms with Gasteiger partial charge in [-0.1, -0.05) is 212 Å². The van der Waals surface area contributed by atoms with Gasteiger partial charge in [-0.25, -0.2) is 0 Å². The van der Waals surface area contributed by atoms with Gasteiger partial charge in [0.05, 0.1) is 22.4 Å². The monoisotopic (exact) mass is 880 g/mol. The highest BCUT2D eigenvalue weighted by atomic mass is 16.3. The smallest absolute Gasteiger partial charge is 0.143 e. The second-order valence-electron chi connectivity index (χ2n) is 17.6. The molecule has 0 saturated carbocycles. The highest BCUT2D eigenvalue weighted by Gasteiger charge is 2.21. The molecule has 0 bridgehead atoms. The van der Waals surface area contributed by atoms with Crippen LogP contribution in [-0.2, 0) is 0 Å². The Morgan fingerprint density at radius 1 is 0.290 bits per heavy atom. The molecular formula is C66H44N2O. The van der Waals surface area contributed by atoms with E-state index in [1.54, 1.807) is 0 Å². The Morgan fingerprint density at radius 2 is 0.797 bits per heavy atom. The first-order chi connectivity index (χ1) is 34.2. The summed E-state index contributed by atoms with van der Waals surface area (Å²) in [6.45, 7) is 0. The van der Waals surface area contributed by atoms with E-state index in [-0.39, 0.29) is 0 Å². The number of anilines is 3. The van der Waals surface area contributed by atoms with Crippen LogP contribution >= 0.6 is 0 Å². The van der Waals surface area contributed by atoms with Gasteiger partial charge in [0.2, 0.25) is 0 Å². The summed E-state index contributed by atoms with van der Waals surface area (Å²) in [5, 5.41) is 4.73. The van der Waals surface area contributed by atoms with Gasteiger partial charge in [-0.3, -0.25) is 0 Å². The number of furan rings is 1. The highest BCUT2D eigenvalue weighted by molar-refractivity contribution is 6.11. The van der Waals surface area contributed by atoms with E-state index in [0.717, 1.165) is 72.5 Å². The first-order valence-electron chi connectivity index (χ1n) is 23.6. The standard InChI is InChI=1S/C66H44N2O/c1-2-18-45(19-3-1)46-36-38-48(39-37-46)53-23-6-11-31-61(53)67(51-21-16-20-49(44-51)54-29-17-30-60-59-28-10-15-35-65(59)69-66(54)60)50-42-40-47(41-43-50)52-22-4-5-24-55(52)56-25-7-12-32-62(56)68-63-33-13-8-26-57(63)58-27-9-14-34-64(58)68/h1-44H. The maximum absolute atomic E-state index is 6.57. The lowest BCUT2D eigenvalue weighted by molar-refractivity contribution is 0.670. The van der Waals surface area contributed by atoms with E-state index in [4.69, 9.17) is 4.42 Å². The third-order valence-electron chi connectivity index (χ3n) is 13.6. The van der Waals surface area contributed by atoms with Gasteiger partial charge in [0.25, 0.3) is 0 Å². The first kappa shape index (κ1) is 40.1. The predicted octanol–water partition coefficient (Wildman–Crippen LogP) is 18.5. The second-order valence-corrected chi connectivity index (χ2v) is 17.6. The molecule has 13 aromatic rings. The van der Waals surface area contributed by atoms with E-state index in [2.05, 4.69) is 264 Å². The first-order valence-corrected chi connectivity index (χ1v) is 23.6. The zero-order valence-electron chi connectivity index (χ0n) is 37.7. The molecule has 0 fully saturated rings. The number of para-hydroxylation sites is 6. The molecule has 0 N–H and O–H groups in total. The molecule has 2 heterocycles. The molecule has 0 aliphatic rings. The molecule has 3 nitrogen and oxygen atoms in total. The number of nitrogens with zero attached hydrogens (tertiary/aromatic N) is 2. The summed E-state index contributed by atoms with van der Waals surface area (Å²) in [4.78, 5) is 2.40. The molecule has 0 unspecified atom stereocenters. The number of hydrogen-bond acceptors (Lipinski definition) is 2. The van der Waals surface area contributed by atoms with Crippen molar-refractivity contribution in [2.75, 3.05) is 4.90 Å². The van der Waals surface area contributed by atoms with Crippen LogP contribution in [0.4, 0.5) is 17.1 Å². The Labute approximate surface area is 401 Å². The van der Waals surface area contributed by atoms with E-state index in [1.807, 2.05) is 12.1 Å². The summed E-state index contributed by atoms with van der Waals surface area (Å²) in [6.07, 6.45) is 0. The summed E-state index contributed by atoms with van der Waals surface area (Å²) >= 11 is 0. The normalized spacial score (nSPS) is 11.5. The van der Waals surface area contributed by atoms with Crippen molar-refractivity contribution in [3.63, 3.8) is 0 Å². The predicted molar refractivity (Wildman–Crippen MR) is 290 cm³/mol. The minimum absolute atomic E-state index is 0.891. The summed E-state index contributed by atoms with van der Waals surface area (Å²) in [6, 6.07) is 96.1. The molecule has 324 valence electrons. The Hall–Kier alpha value is -9.18. The molecule has 0 saturated heterocycles. The zero-order chi connectivity index (χ0) is 45.7. The van der Waals surface area contributed by atoms with E-state index in [9.17, 15) is 0 Å². The quantitative estimate of drug-likeness (QED) is 0.144. The summed E-state index contributed by atoms with van der Waals surface area (Å²) in [5.74, 6) is 0. The average molecular weight is 881 g/mol. The van der Waals surface area contributed by atoms with E-state index in [0.29, 0.717) is 0 Å². The van der Waals surface area contributed by atoms with Gasteiger partial charge < -0.3 is 13.9 Å². The largest absolute Gasteiger partial charge is 0.455 e. The number of benzene rings is 11. The van der Waals surface area contributed by atoms with Crippen LogP contribution in [0.2, 0.25) is 0 Å². The molecule has 0 radical (unpaired) electrons. The van der Waals surface area contributed by atoms with Crippen molar-refractivity contribution in [3.05, 3.63) is 267 Å². The Morgan fingerprint density at radius 3 is 1.57 bits per heavy atom. The lowest BCUT2D eigenvalue weighted by atomic mass is 9.93. The average Bonchev–Trinajstić information content (AvgIpc) is 3.98. The minimum atomic E-state index is 0.891. The number of fused-ring (bicyclic) bond motifs is 6. The minimum Gasteiger partial charge on any atom is -0.455 e. The molecule has 69 heavy (non-hydrogen) atoms. The number of aromatic nitrogens is 1. The molecule has 0 aliphatic carbocycles. The van der Waals surface area contributed by atoms with E-state index < -0.39 is 0 Å². The zero-order valence-corrected chi connectivity index (χ0v) is 37.7. The van der Waals surface area contributed by atoms with Crippen LogP contribution in [0.3, 0.4) is 0 Å². The van der Waals surface area contributed by atoms with Crippen LogP contribution in [0, 0.1) is 0 Å². The topological polar surface area (TPSA) is 21.3 Å². The molecule has 0 spiro atoms. The summed E-state index contributed by atoms with van der Waals surface area (Å²) < 4.78 is 9.00. The van der Waals surface area contributed by atoms with Crippen molar-refractivity contribution in [1.29, 1.82) is 0 Å². The van der Waals surface area contributed by atoms with Gasteiger partial charge in [-0.05, 0) is 93.5 Å². The molecule has 0 atom stereocenters. The van der Waals surface area contributed by atoms with Crippen LogP contribution in [-0.4, -0.2) is 4.57 Å². The number of hydrogen-bond donors (Lipinski definition) is 0. The second kappa shape index (κ2) is 16.9. The fraction of sp³-hybridized carbons (Fsp3) is 0. The fourth-order valence-corrected chi connectivity index (χ4v) is 10.4. The molecule has 2 aromatic heterocycles. The van der Waals surface area contributed by atoms with Crippen LogP contribution in [0.1, 0.15) is 0 Å². The van der Waals surface area contributed by atoms with Crippen molar-refractivity contribution >= 4 is 60.8 Å². The van der Waals surface area contributed by atoms with E-state index in [1.165, 1.54) is 49.6 Å². The fourth-order valence-electron chi connectivity index (χ4n) is 10.4. The lowest BCUT2D eigenvalue weighted by Crippen LogP contribution is -2.11. The summed E-state index contributed by atoms with van der Waals surface area (Å²) in [5.41, 5.74) is 20.0. The van der Waals surface area contributed by atoms with Gasteiger partial charge in [0.1, 0.15) is 11.2 Å². The summed E-state index contributed by atoms with van der Waals surface area (Å²) in [7, 11) is 0. The van der Waals surface area contributed by atoms with Gasteiger partial charge >= 0.3 is 0 Å². The van der Waals surface area contributed by atoms with Gasteiger partial charge in [-0.15, -0.1) is 0 Å². The van der Waals surface area contributed by atoms with Gasteiger partial charge in [0, 0.05) is 49.6 Å². The van der Waals surface area contributed by atoms with Crippen LogP contribution in [0.5, 0.6) is 0 Å². The Kier molecular flexibility index (Phi) is 9.84. The maximum Gasteiger partial charge on any atom is 0.143 e. The third kappa shape index (κ3) is 6.99. The lowest BCUT2D eigenvalue weighted by Gasteiger charge is -2.28. The van der Waals surface area contributed by atoms with Crippen molar-refractivity contribution < 1.29 is 4.42 Å².